The quantitative estimate of drug-likeness (QED) is 0.581. The second-order valence-electron chi connectivity index (χ2n) is 3.32. The van der Waals surface area contributed by atoms with Gasteiger partial charge in [0.05, 0.1) is 38.1 Å². The normalized spacial score (nSPS) is 30.2. The molecule has 3 atom stereocenters. The summed E-state index contributed by atoms with van der Waals surface area (Å²) >= 11 is 0. The molecule has 2 N–H and O–H groups in total. The Labute approximate surface area is 79.5 Å². The summed E-state index contributed by atoms with van der Waals surface area (Å²) in [7, 11) is 0. The average Bonchev–Trinajstić information content (AvgIpc) is 2.94. The Hall–Kier alpha value is -0.160. The summed E-state index contributed by atoms with van der Waals surface area (Å²) in [5.41, 5.74) is 0. The van der Waals surface area contributed by atoms with Crippen molar-refractivity contribution in [1.82, 2.24) is 0 Å². The summed E-state index contributed by atoms with van der Waals surface area (Å²) in [6, 6.07) is 0. The van der Waals surface area contributed by atoms with Gasteiger partial charge >= 0.3 is 0 Å². The van der Waals surface area contributed by atoms with Gasteiger partial charge in [-0.1, -0.05) is 0 Å². The Balaban J connectivity index is 0.000000167. The average molecular weight is 192 g/mol. The molecule has 13 heavy (non-hydrogen) atoms. The van der Waals surface area contributed by atoms with E-state index in [1.165, 1.54) is 6.92 Å². The fourth-order valence-electron chi connectivity index (χ4n) is 0.192. The molecule has 4 nitrogen and oxygen atoms in total. The second-order valence-corrected chi connectivity index (χ2v) is 3.32. The molecule has 4 heteroatoms. The topological polar surface area (TPSA) is 65.5 Å². The van der Waals surface area contributed by atoms with Gasteiger partial charge in [-0.15, -0.1) is 0 Å². The molecule has 2 saturated heterocycles. The zero-order valence-corrected chi connectivity index (χ0v) is 8.56. The SMILES string of the molecule is CC1CO1.CC1CO1.C[C@H](O)CO. The van der Waals surface area contributed by atoms with Crippen molar-refractivity contribution in [1.29, 1.82) is 0 Å². The molecular formula is C9H20O4. The van der Waals surface area contributed by atoms with Crippen molar-refractivity contribution in [2.45, 2.75) is 39.1 Å². The molecule has 0 aliphatic carbocycles. The van der Waals surface area contributed by atoms with E-state index in [-0.39, 0.29) is 6.61 Å². The molecule has 0 spiro atoms. The van der Waals surface area contributed by atoms with Gasteiger partial charge in [-0.3, -0.25) is 0 Å². The summed E-state index contributed by atoms with van der Waals surface area (Å²) in [4.78, 5) is 0. The number of aliphatic hydroxyl groups is 2. The molecule has 0 amide bonds. The van der Waals surface area contributed by atoms with E-state index in [2.05, 4.69) is 13.8 Å². The molecule has 80 valence electrons. The minimum atomic E-state index is -0.560. The first-order valence-electron chi connectivity index (χ1n) is 4.58. The van der Waals surface area contributed by atoms with E-state index in [0.717, 1.165) is 13.2 Å². The lowest BCUT2D eigenvalue weighted by Gasteiger charge is -1.90. The lowest BCUT2D eigenvalue weighted by atomic mass is 10.5. The maximum absolute atomic E-state index is 8.11. The summed E-state index contributed by atoms with van der Waals surface area (Å²) in [6.07, 6.45) is 0.606. The molecule has 0 aromatic rings. The number of aliphatic hydroxyl groups excluding tert-OH is 2. The lowest BCUT2D eigenvalue weighted by molar-refractivity contribution is 0.110. The molecular weight excluding hydrogens is 172 g/mol. The molecule has 2 rings (SSSR count). The van der Waals surface area contributed by atoms with Crippen LogP contribution in [0.2, 0.25) is 0 Å². The Kier molecular flexibility index (Phi) is 7.17. The Morgan fingerprint density at radius 3 is 1.38 bits per heavy atom. The van der Waals surface area contributed by atoms with Crippen LogP contribution in [0.4, 0.5) is 0 Å². The van der Waals surface area contributed by atoms with Crippen LogP contribution in [0.3, 0.4) is 0 Å². The van der Waals surface area contributed by atoms with Gasteiger partial charge in [0, 0.05) is 0 Å². The molecule has 2 aliphatic rings. The van der Waals surface area contributed by atoms with Gasteiger partial charge in [0.25, 0.3) is 0 Å². The highest BCUT2D eigenvalue weighted by Gasteiger charge is 2.13. The van der Waals surface area contributed by atoms with Gasteiger partial charge in [-0.2, -0.15) is 0 Å². The van der Waals surface area contributed by atoms with Crippen LogP contribution in [-0.4, -0.2) is 48.3 Å². The van der Waals surface area contributed by atoms with Gasteiger partial charge in [0.2, 0.25) is 0 Å². The van der Waals surface area contributed by atoms with Crippen molar-refractivity contribution < 1.29 is 19.7 Å². The maximum Gasteiger partial charge on any atom is 0.0781 e. The van der Waals surface area contributed by atoms with Crippen molar-refractivity contribution in [2.75, 3.05) is 19.8 Å². The molecule has 0 aromatic carbocycles. The Bertz CT molecular complexity index is 98.2. The molecule has 2 aliphatic heterocycles. The van der Waals surface area contributed by atoms with E-state index in [0.29, 0.717) is 12.2 Å². The van der Waals surface area contributed by atoms with Crippen LogP contribution in [0.15, 0.2) is 0 Å². The highest BCUT2D eigenvalue weighted by atomic mass is 16.6. The van der Waals surface area contributed by atoms with Gasteiger partial charge in [0.15, 0.2) is 0 Å². The van der Waals surface area contributed by atoms with Crippen molar-refractivity contribution in [3.8, 4) is 0 Å². The third-order valence-corrected chi connectivity index (χ3v) is 1.26. The maximum atomic E-state index is 8.11. The van der Waals surface area contributed by atoms with Crippen molar-refractivity contribution in [2.24, 2.45) is 0 Å². The summed E-state index contributed by atoms with van der Waals surface area (Å²) in [5.74, 6) is 0. The second kappa shape index (κ2) is 7.26. The largest absolute Gasteiger partial charge is 0.394 e. The lowest BCUT2D eigenvalue weighted by Crippen LogP contribution is -2.03. The monoisotopic (exact) mass is 192 g/mol. The van der Waals surface area contributed by atoms with Crippen LogP contribution in [0, 0.1) is 0 Å². The standard InChI is InChI=1S/C3H8O2.2C3H6O/c1-3(5)2-4;2*1-3-2-4-3/h3-5H,2H2,1H3;2*3H,2H2,1H3/t3-;;/m0../s1. The highest BCUT2D eigenvalue weighted by Crippen LogP contribution is 2.04. The third-order valence-electron chi connectivity index (χ3n) is 1.26. The predicted molar refractivity (Wildman–Crippen MR) is 49.6 cm³/mol. The Morgan fingerprint density at radius 1 is 1.23 bits per heavy atom. The molecule has 2 heterocycles. The van der Waals surface area contributed by atoms with Gasteiger partial charge in [-0.05, 0) is 20.8 Å². The number of hydrogen-bond acceptors (Lipinski definition) is 4. The van der Waals surface area contributed by atoms with E-state index < -0.39 is 6.10 Å². The van der Waals surface area contributed by atoms with Gasteiger partial charge in [0.1, 0.15) is 0 Å². The van der Waals surface area contributed by atoms with Crippen LogP contribution >= 0.6 is 0 Å². The number of epoxide rings is 2. The van der Waals surface area contributed by atoms with Crippen LogP contribution in [0.25, 0.3) is 0 Å². The number of hydrogen-bond donors (Lipinski definition) is 2. The fourth-order valence-corrected chi connectivity index (χ4v) is 0.192. The third kappa shape index (κ3) is 18.7. The Morgan fingerprint density at radius 2 is 1.38 bits per heavy atom. The van der Waals surface area contributed by atoms with Crippen molar-refractivity contribution in [3.05, 3.63) is 0 Å². The molecule has 2 unspecified atom stereocenters. The molecule has 2 fully saturated rings. The van der Waals surface area contributed by atoms with E-state index in [1.807, 2.05) is 0 Å². The summed E-state index contributed by atoms with van der Waals surface area (Å²) in [6.45, 7) is 7.47. The fraction of sp³-hybridized carbons (Fsp3) is 1.00. The predicted octanol–water partition coefficient (Wildman–Crippen LogP) is 0.170. The summed E-state index contributed by atoms with van der Waals surface area (Å²) < 4.78 is 9.42. The summed E-state index contributed by atoms with van der Waals surface area (Å²) in [5, 5.41) is 16.0. The highest BCUT2D eigenvalue weighted by molar-refractivity contribution is 4.58. The van der Waals surface area contributed by atoms with E-state index in [9.17, 15) is 0 Å². The van der Waals surface area contributed by atoms with Crippen molar-refractivity contribution in [3.63, 3.8) is 0 Å². The van der Waals surface area contributed by atoms with Crippen LogP contribution in [-0.2, 0) is 9.47 Å². The first-order chi connectivity index (χ1) is 6.06. The minimum absolute atomic E-state index is 0.139. The van der Waals surface area contributed by atoms with Crippen LogP contribution in [0.1, 0.15) is 20.8 Å². The number of rotatable bonds is 1. The molecule has 0 bridgehead atoms. The first-order valence-corrected chi connectivity index (χ1v) is 4.58. The van der Waals surface area contributed by atoms with Crippen LogP contribution < -0.4 is 0 Å². The van der Waals surface area contributed by atoms with E-state index in [1.54, 1.807) is 0 Å². The van der Waals surface area contributed by atoms with E-state index in [4.69, 9.17) is 19.7 Å². The van der Waals surface area contributed by atoms with Crippen LogP contribution in [0.5, 0.6) is 0 Å². The van der Waals surface area contributed by atoms with Gasteiger partial charge in [-0.25, -0.2) is 0 Å². The zero-order valence-electron chi connectivity index (χ0n) is 8.56. The first kappa shape index (κ1) is 12.8. The van der Waals surface area contributed by atoms with Gasteiger partial charge < -0.3 is 19.7 Å². The smallest absolute Gasteiger partial charge is 0.0781 e. The molecule has 0 radical (unpaired) electrons. The number of ether oxygens (including phenoxy) is 2. The zero-order chi connectivity index (χ0) is 10.3. The molecule has 0 aromatic heterocycles. The van der Waals surface area contributed by atoms with E-state index >= 15 is 0 Å². The van der Waals surface area contributed by atoms with Crippen molar-refractivity contribution >= 4 is 0 Å². The minimum Gasteiger partial charge on any atom is -0.394 e. The molecule has 0 saturated carbocycles.